The van der Waals surface area contributed by atoms with Crippen LogP contribution in [0.5, 0.6) is 0 Å². The third-order valence-corrected chi connectivity index (χ3v) is 3.06. The standard InChI is InChI=1S/C12H15N3O3.C3H6/c13-11-14-10(7-18-11)6-3-8-1-4-9(5-2-8)15-12(16)17;1-2-3-1/h1-2,4-5,10,15H,3,6-7H2,(H2,13,14)(H,16,17);1-3H2/t10-;/m0./s1. The Hall–Kier alpha value is -2.24. The smallest absolute Gasteiger partial charge is 0.409 e. The van der Waals surface area contributed by atoms with Crippen molar-refractivity contribution in [2.45, 2.75) is 38.1 Å². The Morgan fingerprint density at radius 2 is 2.00 bits per heavy atom. The lowest BCUT2D eigenvalue weighted by Crippen LogP contribution is -2.10. The zero-order valence-corrected chi connectivity index (χ0v) is 11.9. The van der Waals surface area contributed by atoms with Crippen molar-refractivity contribution in [1.29, 1.82) is 0 Å². The number of carboxylic acid groups (broad SMARTS) is 1. The lowest BCUT2D eigenvalue weighted by Gasteiger charge is -2.06. The molecule has 0 bridgehead atoms. The van der Waals surface area contributed by atoms with Gasteiger partial charge in [-0.15, -0.1) is 0 Å². The normalized spacial score (nSPS) is 18.9. The first-order valence-electron chi connectivity index (χ1n) is 7.18. The van der Waals surface area contributed by atoms with Crippen molar-refractivity contribution in [3.8, 4) is 0 Å². The van der Waals surface area contributed by atoms with Gasteiger partial charge >= 0.3 is 6.09 Å². The van der Waals surface area contributed by atoms with Crippen LogP contribution in [0.25, 0.3) is 0 Å². The third-order valence-electron chi connectivity index (χ3n) is 3.06. The molecule has 1 aromatic rings. The molecule has 0 radical (unpaired) electrons. The van der Waals surface area contributed by atoms with Gasteiger partial charge in [0.25, 0.3) is 6.02 Å². The van der Waals surface area contributed by atoms with Crippen molar-refractivity contribution in [2.75, 3.05) is 11.9 Å². The number of benzene rings is 1. The topological polar surface area (TPSA) is 96.9 Å². The highest BCUT2D eigenvalue weighted by Gasteiger charge is 2.16. The molecule has 1 fully saturated rings. The van der Waals surface area contributed by atoms with Gasteiger partial charge in [0.05, 0.1) is 6.04 Å². The number of nitrogens with one attached hydrogen (secondary N) is 1. The summed E-state index contributed by atoms with van der Waals surface area (Å²) >= 11 is 0. The number of hydrogen-bond acceptors (Lipinski definition) is 4. The molecule has 6 nitrogen and oxygen atoms in total. The summed E-state index contributed by atoms with van der Waals surface area (Å²) in [6, 6.07) is 7.67. The Kier molecular flexibility index (Phi) is 5.43. The first-order valence-corrected chi connectivity index (χ1v) is 7.18. The molecule has 6 heteroatoms. The number of hydrogen-bond donors (Lipinski definition) is 3. The molecule has 0 spiro atoms. The summed E-state index contributed by atoms with van der Waals surface area (Å²) in [5.41, 5.74) is 7.12. The molecule has 1 heterocycles. The van der Waals surface area contributed by atoms with Crippen molar-refractivity contribution in [3.05, 3.63) is 29.8 Å². The zero-order chi connectivity index (χ0) is 15.1. The number of amidine groups is 1. The number of nitrogens with zero attached hydrogens (tertiary/aromatic N) is 1. The van der Waals surface area contributed by atoms with Crippen molar-refractivity contribution in [3.63, 3.8) is 0 Å². The molecule has 0 aromatic heterocycles. The van der Waals surface area contributed by atoms with E-state index in [0.717, 1.165) is 18.4 Å². The maximum atomic E-state index is 10.4. The van der Waals surface area contributed by atoms with Gasteiger partial charge in [0, 0.05) is 5.69 Å². The van der Waals surface area contributed by atoms with E-state index in [0.29, 0.717) is 12.3 Å². The minimum absolute atomic E-state index is 0.127. The highest BCUT2D eigenvalue weighted by molar-refractivity contribution is 5.82. The fourth-order valence-electron chi connectivity index (χ4n) is 1.80. The predicted octanol–water partition coefficient (Wildman–Crippen LogP) is 2.59. The summed E-state index contributed by atoms with van der Waals surface area (Å²) in [4.78, 5) is 14.6. The number of anilines is 1. The van der Waals surface area contributed by atoms with Crippen LogP contribution >= 0.6 is 0 Å². The zero-order valence-electron chi connectivity index (χ0n) is 11.9. The molecule has 1 saturated carbocycles. The average molecular weight is 291 g/mol. The van der Waals surface area contributed by atoms with Gasteiger partial charge in [-0.25, -0.2) is 9.79 Å². The van der Waals surface area contributed by atoms with Gasteiger partial charge in [0.2, 0.25) is 0 Å². The number of nitrogens with two attached hydrogens (primary N) is 1. The second-order valence-corrected chi connectivity index (χ2v) is 5.16. The van der Waals surface area contributed by atoms with Gasteiger partial charge in [-0.3, -0.25) is 5.32 Å². The minimum Gasteiger partial charge on any atom is -0.465 e. The Morgan fingerprint density at radius 1 is 1.33 bits per heavy atom. The largest absolute Gasteiger partial charge is 0.465 e. The molecule has 21 heavy (non-hydrogen) atoms. The maximum Gasteiger partial charge on any atom is 0.409 e. The molecule has 1 aliphatic carbocycles. The number of aryl methyl sites for hydroxylation is 1. The molecule has 3 rings (SSSR count). The van der Waals surface area contributed by atoms with Crippen LogP contribution in [0, 0.1) is 0 Å². The number of amides is 1. The lowest BCUT2D eigenvalue weighted by molar-refractivity contribution is 0.209. The quantitative estimate of drug-likeness (QED) is 0.794. The Labute approximate surface area is 124 Å². The summed E-state index contributed by atoms with van der Waals surface area (Å²) < 4.78 is 5.07. The van der Waals surface area contributed by atoms with E-state index in [4.69, 9.17) is 15.6 Å². The maximum absolute atomic E-state index is 10.4. The van der Waals surface area contributed by atoms with Crippen LogP contribution in [0.15, 0.2) is 29.3 Å². The molecular weight excluding hydrogens is 270 g/mol. The molecule has 1 amide bonds. The van der Waals surface area contributed by atoms with Crippen LogP contribution < -0.4 is 11.1 Å². The fraction of sp³-hybridized carbons (Fsp3) is 0.467. The van der Waals surface area contributed by atoms with Crippen LogP contribution in [-0.2, 0) is 11.2 Å². The minimum atomic E-state index is -1.06. The van der Waals surface area contributed by atoms with E-state index in [-0.39, 0.29) is 12.1 Å². The van der Waals surface area contributed by atoms with Crippen LogP contribution in [0.3, 0.4) is 0 Å². The number of ether oxygens (including phenoxy) is 1. The Balaban J connectivity index is 0.000000477. The van der Waals surface area contributed by atoms with E-state index in [1.807, 2.05) is 12.1 Å². The van der Waals surface area contributed by atoms with E-state index >= 15 is 0 Å². The van der Waals surface area contributed by atoms with Crippen molar-refractivity contribution < 1.29 is 14.6 Å². The molecule has 2 aliphatic rings. The molecular formula is C15H21N3O3. The van der Waals surface area contributed by atoms with Gasteiger partial charge in [0.15, 0.2) is 0 Å². The number of aliphatic imine (C=N–C) groups is 1. The highest BCUT2D eigenvalue weighted by Crippen LogP contribution is 2.15. The SMILES string of the molecule is C1CC1.NC1=N[C@@H](CCc2ccc(NC(=O)O)cc2)CO1. The van der Waals surface area contributed by atoms with E-state index in [1.165, 1.54) is 19.3 Å². The number of rotatable bonds is 4. The summed E-state index contributed by atoms with van der Waals surface area (Å²) in [5, 5.41) is 10.8. The summed E-state index contributed by atoms with van der Waals surface area (Å²) in [6.45, 7) is 0.546. The molecule has 0 unspecified atom stereocenters. The highest BCUT2D eigenvalue weighted by atomic mass is 16.5. The molecule has 1 aliphatic heterocycles. The van der Waals surface area contributed by atoms with Crippen LogP contribution in [0.1, 0.15) is 31.2 Å². The van der Waals surface area contributed by atoms with E-state index in [9.17, 15) is 4.79 Å². The predicted molar refractivity (Wildman–Crippen MR) is 81.6 cm³/mol. The van der Waals surface area contributed by atoms with Gasteiger partial charge in [0.1, 0.15) is 6.61 Å². The van der Waals surface area contributed by atoms with E-state index < -0.39 is 6.09 Å². The van der Waals surface area contributed by atoms with Crippen LogP contribution in [0.2, 0.25) is 0 Å². The third kappa shape index (κ3) is 6.16. The van der Waals surface area contributed by atoms with Gasteiger partial charge in [-0.2, -0.15) is 0 Å². The molecule has 4 N–H and O–H groups in total. The Morgan fingerprint density at radius 3 is 2.48 bits per heavy atom. The summed E-state index contributed by atoms with van der Waals surface area (Å²) in [6.07, 6.45) is 5.17. The molecule has 0 saturated heterocycles. The summed E-state index contributed by atoms with van der Waals surface area (Å²) in [5.74, 6) is 0. The molecule has 114 valence electrons. The molecule has 1 atom stereocenters. The van der Waals surface area contributed by atoms with E-state index in [2.05, 4.69) is 10.3 Å². The second kappa shape index (κ2) is 7.52. The Bertz CT molecular complexity index is 495. The second-order valence-electron chi connectivity index (χ2n) is 5.16. The van der Waals surface area contributed by atoms with Crippen molar-refractivity contribution in [2.24, 2.45) is 10.7 Å². The van der Waals surface area contributed by atoms with Gasteiger partial charge in [-0.05, 0) is 30.5 Å². The number of carbonyl (C=O) groups is 1. The summed E-state index contributed by atoms with van der Waals surface area (Å²) in [7, 11) is 0. The van der Waals surface area contributed by atoms with E-state index in [1.54, 1.807) is 12.1 Å². The molecule has 1 aromatic carbocycles. The first kappa shape index (κ1) is 15.2. The lowest BCUT2D eigenvalue weighted by atomic mass is 10.1. The van der Waals surface area contributed by atoms with Crippen molar-refractivity contribution in [1.82, 2.24) is 0 Å². The fourth-order valence-corrected chi connectivity index (χ4v) is 1.80. The average Bonchev–Trinajstić information content (AvgIpc) is 3.27. The first-order chi connectivity index (χ1) is 10.1. The van der Waals surface area contributed by atoms with Gasteiger partial charge < -0.3 is 15.6 Å². The van der Waals surface area contributed by atoms with Gasteiger partial charge in [-0.1, -0.05) is 31.4 Å². The van der Waals surface area contributed by atoms with Crippen LogP contribution in [-0.4, -0.2) is 29.9 Å². The monoisotopic (exact) mass is 291 g/mol. The van der Waals surface area contributed by atoms with Crippen LogP contribution in [0.4, 0.5) is 10.5 Å². The van der Waals surface area contributed by atoms with Crippen molar-refractivity contribution >= 4 is 17.8 Å².